The van der Waals surface area contributed by atoms with E-state index in [4.69, 9.17) is 14.6 Å². The fraction of sp³-hybridized carbons (Fsp3) is 0.310. The zero-order valence-corrected chi connectivity index (χ0v) is 22.7. The summed E-state index contributed by atoms with van der Waals surface area (Å²) in [6.07, 6.45) is -4.28. The molecule has 0 radical (unpaired) electrons. The maximum absolute atomic E-state index is 13.5. The molecule has 12 heteroatoms. The van der Waals surface area contributed by atoms with Gasteiger partial charge in [-0.25, -0.2) is 13.4 Å². The molecule has 1 heterocycles. The summed E-state index contributed by atoms with van der Waals surface area (Å²) < 4.78 is 76.7. The van der Waals surface area contributed by atoms with E-state index in [1.165, 1.54) is 24.3 Å². The minimum atomic E-state index is -4.54. The second-order valence-corrected chi connectivity index (χ2v) is 11.6. The number of aliphatic hydroxyl groups is 1. The number of hydrogen-bond donors (Lipinski definition) is 2. The number of carbonyl (C=O) groups excluding carboxylic acids is 1. The van der Waals surface area contributed by atoms with Crippen LogP contribution in [0.2, 0.25) is 0 Å². The maximum atomic E-state index is 13.5. The third-order valence-corrected chi connectivity index (χ3v) is 8.18. The fourth-order valence-electron chi connectivity index (χ4n) is 4.15. The smallest absolute Gasteiger partial charge is 0.416 e. The molecule has 0 saturated carbocycles. The van der Waals surface area contributed by atoms with E-state index in [9.17, 15) is 26.4 Å². The van der Waals surface area contributed by atoms with Crippen LogP contribution in [-0.2, 0) is 32.1 Å². The summed E-state index contributed by atoms with van der Waals surface area (Å²) in [7, 11) is -3.77. The van der Waals surface area contributed by atoms with Crippen molar-refractivity contribution in [3.8, 4) is 5.75 Å². The maximum Gasteiger partial charge on any atom is 0.416 e. The van der Waals surface area contributed by atoms with Gasteiger partial charge in [0.05, 0.1) is 22.8 Å². The molecule has 1 aliphatic rings. The first-order valence-corrected chi connectivity index (χ1v) is 14.5. The topological polar surface area (TPSA) is 114 Å². The van der Waals surface area contributed by atoms with E-state index < -0.39 is 38.8 Å². The molecule has 0 aliphatic carbocycles. The van der Waals surface area contributed by atoms with E-state index in [1.54, 1.807) is 42.5 Å². The van der Waals surface area contributed by atoms with Gasteiger partial charge in [-0.3, -0.25) is 4.79 Å². The Morgan fingerprint density at radius 2 is 1.78 bits per heavy atom. The lowest BCUT2D eigenvalue weighted by atomic mass is 9.97. The predicted octanol–water partition coefficient (Wildman–Crippen LogP) is 4.16. The van der Waals surface area contributed by atoms with Crippen molar-refractivity contribution in [1.29, 1.82) is 0 Å². The molecule has 1 atom stereocenters. The summed E-state index contributed by atoms with van der Waals surface area (Å²) in [5.74, 6) is -0.401. The molecule has 41 heavy (non-hydrogen) atoms. The first-order chi connectivity index (χ1) is 19.5. The third-order valence-electron chi connectivity index (χ3n) is 6.45. The van der Waals surface area contributed by atoms with Crippen LogP contribution in [0, 0.1) is 0 Å². The molecule has 4 rings (SSSR count). The van der Waals surface area contributed by atoms with Crippen molar-refractivity contribution in [2.45, 2.75) is 36.0 Å². The van der Waals surface area contributed by atoms with Gasteiger partial charge in [0.2, 0.25) is 5.90 Å². The summed E-state index contributed by atoms with van der Waals surface area (Å²) >= 11 is 0. The SMILES string of the molecule is O=C(NCc1cccc(C(F)(F)F)c1)[C@@]1(CCS(=O)(=O)c2ccccc2)COC(c2ccc(OCCCO)cc2)=N1. The molecule has 1 amide bonds. The number of nitrogens with one attached hydrogen (secondary N) is 1. The highest BCUT2D eigenvalue weighted by Gasteiger charge is 2.45. The lowest BCUT2D eigenvalue weighted by Gasteiger charge is -2.23. The number of halogens is 3. The van der Waals surface area contributed by atoms with Crippen molar-refractivity contribution in [3.05, 3.63) is 95.6 Å². The number of carbonyl (C=O) groups is 1. The monoisotopic (exact) mass is 590 g/mol. The molecule has 0 aromatic heterocycles. The van der Waals surface area contributed by atoms with Crippen LogP contribution in [0.1, 0.15) is 29.5 Å². The molecule has 0 spiro atoms. The number of sulfone groups is 1. The first-order valence-electron chi connectivity index (χ1n) is 12.8. The molecule has 0 unspecified atom stereocenters. The molecule has 8 nitrogen and oxygen atoms in total. The van der Waals surface area contributed by atoms with E-state index in [-0.39, 0.29) is 42.5 Å². The Morgan fingerprint density at radius 1 is 1.05 bits per heavy atom. The van der Waals surface area contributed by atoms with Gasteiger partial charge in [-0.05, 0) is 60.5 Å². The number of aliphatic hydroxyl groups excluding tert-OH is 1. The molecule has 0 bridgehead atoms. The van der Waals surface area contributed by atoms with Gasteiger partial charge in [-0.15, -0.1) is 0 Å². The van der Waals surface area contributed by atoms with Gasteiger partial charge in [0.15, 0.2) is 15.4 Å². The van der Waals surface area contributed by atoms with Gasteiger partial charge >= 0.3 is 6.18 Å². The zero-order valence-electron chi connectivity index (χ0n) is 21.9. The number of amides is 1. The van der Waals surface area contributed by atoms with Gasteiger partial charge in [-0.1, -0.05) is 30.3 Å². The Balaban J connectivity index is 1.56. The van der Waals surface area contributed by atoms with Crippen LogP contribution in [0.15, 0.2) is 88.8 Å². The van der Waals surface area contributed by atoms with Crippen molar-refractivity contribution >= 4 is 21.6 Å². The number of aliphatic imine (C=N–C) groups is 1. The second kappa shape index (κ2) is 12.7. The van der Waals surface area contributed by atoms with Gasteiger partial charge in [0.25, 0.3) is 5.91 Å². The Hall–Kier alpha value is -3.90. The summed E-state index contributed by atoms with van der Waals surface area (Å²) in [6, 6.07) is 19.1. The van der Waals surface area contributed by atoms with Gasteiger partial charge in [-0.2, -0.15) is 13.2 Å². The Kier molecular flexibility index (Phi) is 9.34. The molecular weight excluding hydrogens is 561 g/mol. The van der Waals surface area contributed by atoms with E-state index in [2.05, 4.69) is 10.3 Å². The predicted molar refractivity (Wildman–Crippen MR) is 145 cm³/mol. The fourth-order valence-corrected chi connectivity index (χ4v) is 5.57. The van der Waals surface area contributed by atoms with Gasteiger partial charge < -0.3 is 19.9 Å². The van der Waals surface area contributed by atoms with Crippen LogP contribution >= 0.6 is 0 Å². The first kappa shape index (κ1) is 30.1. The Labute approximate surface area is 235 Å². The minimum Gasteiger partial charge on any atom is -0.494 e. The molecular formula is C29H29F3N2O6S. The average molecular weight is 591 g/mol. The van der Waals surface area contributed by atoms with Crippen LogP contribution in [0.25, 0.3) is 0 Å². The molecule has 3 aromatic rings. The highest BCUT2D eigenvalue weighted by atomic mass is 32.2. The number of benzene rings is 3. The van der Waals surface area contributed by atoms with Gasteiger partial charge in [0, 0.05) is 25.1 Å². The molecule has 0 fully saturated rings. The van der Waals surface area contributed by atoms with Crippen LogP contribution in [-0.4, -0.2) is 56.4 Å². The quantitative estimate of drug-likeness (QED) is 0.306. The van der Waals surface area contributed by atoms with E-state index in [0.717, 1.165) is 12.1 Å². The van der Waals surface area contributed by atoms with Crippen LogP contribution in [0.4, 0.5) is 13.2 Å². The van der Waals surface area contributed by atoms with E-state index in [0.29, 0.717) is 24.3 Å². The van der Waals surface area contributed by atoms with Crippen LogP contribution in [0.5, 0.6) is 5.75 Å². The summed E-state index contributed by atoms with van der Waals surface area (Å²) in [4.78, 5) is 18.1. The molecule has 3 aromatic carbocycles. The highest BCUT2D eigenvalue weighted by molar-refractivity contribution is 7.91. The summed E-state index contributed by atoms with van der Waals surface area (Å²) in [5, 5.41) is 11.5. The van der Waals surface area contributed by atoms with Gasteiger partial charge in [0.1, 0.15) is 12.4 Å². The lowest BCUT2D eigenvalue weighted by molar-refractivity contribution is -0.137. The number of hydrogen-bond acceptors (Lipinski definition) is 7. The zero-order chi connectivity index (χ0) is 29.5. The van der Waals surface area contributed by atoms with Crippen LogP contribution < -0.4 is 10.1 Å². The number of ether oxygens (including phenoxy) is 2. The van der Waals surface area contributed by atoms with E-state index in [1.807, 2.05) is 0 Å². The average Bonchev–Trinajstić information content (AvgIpc) is 3.41. The van der Waals surface area contributed by atoms with Crippen molar-refractivity contribution < 1.29 is 41.0 Å². The number of nitrogens with zero attached hydrogens (tertiary/aromatic N) is 1. The molecule has 1 aliphatic heterocycles. The highest BCUT2D eigenvalue weighted by Crippen LogP contribution is 2.31. The number of rotatable bonds is 12. The Bertz CT molecular complexity index is 1480. The molecule has 0 saturated heterocycles. The van der Waals surface area contributed by atoms with Crippen molar-refractivity contribution in [2.75, 3.05) is 25.6 Å². The summed E-state index contributed by atoms with van der Waals surface area (Å²) in [5.41, 5.74) is -1.73. The second-order valence-electron chi connectivity index (χ2n) is 9.45. The minimum absolute atomic E-state index is 0.000628. The standard InChI is InChI=1S/C29H29F3N2O6S/c30-29(31,32)23-7-4-6-21(18-23)19-33-27(36)28(14-17-41(37,38)25-8-2-1-3-9-25)20-40-26(34-28)22-10-12-24(13-11-22)39-16-5-15-35/h1-4,6-13,18,35H,5,14-17,19-20H2,(H,33,36)/t28-/m1/s1. The van der Waals surface area contributed by atoms with Crippen molar-refractivity contribution in [2.24, 2.45) is 4.99 Å². The molecule has 2 N–H and O–H groups in total. The van der Waals surface area contributed by atoms with E-state index >= 15 is 0 Å². The normalized spacial score (nSPS) is 17.0. The molecule has 218 valence electrons. The largest absolute Gasteiger partial charge is 0.494 e. The summed E-state index contributed by atoms with van der Waals surface area (Å²) in [6.45, 7) is -0.143. The van der Waals surface area contributed by atoms with Crippen molar-refractivity contribution in [3.63, 3.8) is 0 Å². The third kappa shape index (κ3) is 7.65. The lowest BCUT2D eigenvalue weighted by Crippen LogP contribution is -2.47. The van der Waals surface area contributed by atoms with Crippen LogP contribution in [0.3, 0.4) is 0 Å². The van der Waals surface area contributed by atoms with Crippen molar-refractivity contribution in [1.82, 2.24) is 5.32 Å². The Morgan fingerprint density at radius 3 is 2.46 bits per heavy atom. The number of alkyl halides is 3.